The van der Waals surface area contributed by atoms with Crippen LogP contribution in [0, 0.1) is 27.7 Å². The van der Waals surface area contributed by atoms with E-state index in [2.05, 4.69) is 40.1 Å². The Balaban J connectivity index is 2.77. The highest BCUT2D eigenvalue weighted by atomic mass is 79.9. The number of benzene rings is 1. The summed E-state index contributed by atoms with van der Waals surface area (Å²) in [6.07, 6.45) is 0. The zero-order valence-electron chi connectivity index (χ0n) is 10.4. The highest BCUT2D eigenvalue weighted by Crippen LogP contribution is 2.20. The van der Waals surface area contributed by atoms with Gasteiger partial charge in [-0.25, -0.2) is 4.68 Å². The van der Waals surface area contributed by atoms with E-state index < -0.39 is 0 Å². The summed E-state index contributed by atoms with van der Waals surface area (Å²) in [4.78, 5) is 12.1. The van der Waals surface area contributed by atoms with Crippen molar-refractivity contribution < 1.29 is 0 Å². The number of hydrogen-bond donors (Lipinski definition) is 1. The van der Waals surface area contributed by atoms with Gasteiger partial charge in [-0.3, -0.25) is 9.89 Å². The van der Waals surface area contributed by atoms with Gasteiger partial charge in [0.25, 0.3) is 5.56 Å². The van der Waals surface area contributed by atoms with Crippen LogP contribution in [-0.4, -0.2) is 9.78 Å². The van der Waals surface area contributed by atoms with Crippen LogP contribution in [0.5, 0.6) is 0 Å². The summed E-state index contributed by atoms with van der Waals surface area (Å²) in [5.41, 5.74) is 5.14. The Morgan fingerprint density at radius 2 is 1.65 bits per heavy atom. The lowest BCUT2D eigenvalue weighted by atomic mass is 10.1. The van der Waals surface area contributed by atoms with Gasteiger partial charge in [0.05, 0.1) is 5.69 Å². The van der Waals surface area contributed by atoms with Crippen LogP contribution in [0.15, 0.2) is 21.4 Å². The normalized spacial score (nSPS) is 10.9. The van der Waals surface area contributed by atoms with Gasteiger partial charge in [-0.05, 0) is 54.8 Å². The Morgan fingerprint density at radius 3 is 2.06 bits per heavy atom. The van der Waals surface area contributed by atoms with E-state index in [0.717, 1.165) is 22.5 Å². The molecule has 0 unspecified atom stereocenters. The lowest BCUT2D eigenvalue weighted by Gasteiger charge is -2.11. The van der Waals surface area contributed by atoms with Crippen LogP contribution in [0.4, 0.5) is 0 Å². The molecule has 0 spiro atoms. The Hall–Kier alpha value is -1.29. The fourth-order valence-corrected chi connectivity index (χ4v) is 2.47. The van der Waals surface area contributed by atoms with Crippen molar-refractivity contribution in [2.45, 2.75) is 27.7 Å². The van der Waals surface area contributed by atoms with Crippen molar-refractivity contribution in [1.82, 2.24) is 9.78 Å². The number of H-pyrrole nitrogens is 1. The quantitative estimate of drug-likeness (QED) is 0.862. The van der Waals surface area contributed by atoms with Gasteiger partial charge in [-0.1, -0.05) is 17.7 Å². The summed E-state index contributed by atoms with van der Waals surface area (Å²) in [5, 5.41) is 3.09. The maximum absolute atomic E-state index is 12.1. The van der Waals surface area contributed by atoms with Crippen LogP contribution in [0.1, 0.15) is 22.4 Å². The molecule has 0 aliphatic carbocycles. The highest BCUT2D eigenvalue weighted by molar-refractivity contribution is 9.10. The Labute approximate surface area is 109 Å². The molecule has 17 heavy (non-hydrogen) atoms. The van der Waals surface area contributed by atoms with E-state index in [9.17, 15) is 4.79 Å². The molecule has 1 N–H and O–H groups in total. The van der Waals surface area contributed by atoms with Gasteiger partial charge in [0.2, 0.25) is 0 Å². The van der Waals surface area contributed by atoms with Crippen LogP contribution < -0.4 is 5.56 Å². The minimum absolute atomic E-state index is 0.0439. The summed E-state index contributed by atoms with van der Waals surface area (Å²) in [6.45, 7) is 7.97. The van der Waals surface area contributed by atoms with Crippen molar-refractivity contribution in [3.8, 4) is 5.69 Å². The molecular weight excluding hydrogens is 280 g/mol. The summed E-state index contributed by atoms with van der Waals surface area (Å²) in [6, 6.07) is 4.16. The van der Waals surface area contributed by atoms with E-state index in [1.807, 2.05) is 20.8 Å². The third kappa shape index (κ3) is 1.97. The Bertz CT molecular complexity index is 614. The predicted octanol–water partition coefficient (Wildman–Crippen LogP) is 3.16. The minimum atomic E-state index is -0.0439. The third-order valence-electron chi connectivity index (χ3n) is 2.86. The molecule has 0 aliphatic rings. The number of halogens is 1. The summed E-state index contributed by atoms with van der Waals surface area (Å²) in [5.74, 6) is 0. The predicted molar refractivity (Wildman–Crippen MR) is 73.0 cm³/mol. The largest absolute Gasteiger partial charge is 0.294 e. The lowest BCUT2D eigenvalue weighted by molar-refractivity contribution is 0.821. The molecule has 1 aromatic heterocycles. The molecule has 0 aliphatic heterocycles. The molecular formula is C13H15BrN2O. The molecule has 3 nitrogen and oxygen atoms in total. The molecule has 0 fully saturated rings. The van der Waals surface area contributed by atoms with Crippen molar-refractivity contribution in [3.05, 3.63) is 49.3 Å². The molecule has 0 saturated carbocycles. The van der Waals surface area contributed by atoms with Gasteiger partial charge in [0.15, 0.2) is 0 Å². The van der Waals surface area contributed by atoms with Gasteiger partial charge in [0.1, 0.15) is 4.47 Å². The highest BCUT2D eigenvalue weighted by Gasteiger charge is 2.13. The van der Waals surface area contributed by atoms with Gasteiger partial charge < -0.3 is 0 Å². The number of aryl methyl sites for hydroxylation is 4. The van der Waals surface area contributed by atoms with E-state index in [0.29, 0.717) is 4.47 Å². The second kappa shape index (κ2) is 4.18. The average Bonchev–Trinajstić information content (AvgIpc) is 2.45. The van der Waals surface area contributed by atoms with Crippen LogP contribution >= 0.6 is 15.9 Å². The molecule has 1 aromatic carbocycles. The zero-order chi connectivity index (χ0) is 12.7. The lowest BCUT2D eigenvalue weighted by Crippen LogP contribution is -2.17. The molecule has 1 heterocycles. The topological polar surface area (TPSA) is 37.8 Å². The second-order valence-electron chi connectivity index (χ2n) is 4.44. The fraction of sp³-hybridized carbons (Fsp3) is 0.308. The molecule has 4 heteroatoms. The SMILES string of the molecule is Cc1cc(C)c(-n2[nH]c(C)c(Br)c2=O)c(C)c1. The number of nitrogens with one attached hydrogen (secondary N) is 1. The maximum atomic E-state index is 12.1. The second-order valence-corrected chi connectivity index (χ2v) is 5.23. The molecule has 0 bridgehead atoms. The molecule has 2 aromatic rings. The molecule has 0 atom stereocenters. The molecule has 2 rings (SSSR count). The Morgan fingerprint density at radius 1 is 1.12 bits per heavy atom. The van der Waals surface area contributed by atoms with Crippen LogP contribution in [0.2, 0.25) is 0 Å². The molecule has 90 valence electrons. The molecule has 0 saturated heterocycles. The van der Waals surface area contributed by atoms with E-state index in [1.54, 1.807) is 4.68 Å². The van der Waals surface area contributed by atoms with Crippen LogP contribution in [0.3, 0.4) is 0 Å². The average molecular weight is 295 g/mol. The first-order valence-corrected chi connectivity index (χ1v) is 6.26. The third-order valence-corrected chi connectivity index (χ3v) is 3.79. The smallest absolute Gasteiger partial charge is 0.285 e. The van der Waals surface area contributed by atoms with Gasteiger partial charge >= 0.3 is 0 Å². The maximum Gasteiger partial charge on any atom is 0.285 e. The first-order chi connectivity index (χ1) is 7.91. The molecule has 0 radical (unpaired) electrons. The van der Waals surface area contributed by atoms with E-state index in [-0.39, 0.29) is 5.56 Å². The van der Waals surface area contributed by atoms with Gasteiger partial charge in [-0.2, -0.15) is 0 Å². The summed E-state index contributed by atoms with van der Waals surface area (Å²) >= 11 is 3.30. The van der Waals surface area contributed by atoms with Crippen molar-refractivity contribution in [1.29, 1.82) is 0 Å². The number of aromatic nitrogens is 2. The monoisotopic (exact) mass is 294 g/mol. The Kier molecular flexibility index (Phi) is 3.00. The first kappa shape index (κ1) is 12.2. The van der Waals surface area contributed by atoms with Crippen molar-refractivity contribution >= 4 is 15.9 Å². The summed E-state index contributed by atoms with van der Waals surface area (Å²) in [7, 11) is 0. The number of aromatic amines is 1. The number of nitrogens with zero attached hydrogens (tertiary/aromatic N) is 1. The van der Waals surface area contributed by atoms with Crippen LogP contribution in [-0.2, 0) is 0 Å². The van der Waals surface area contributed by atoms with Crippen molar-refractivity contribution in [2.75, 3.05) is 0 Å². The first-order valence-electron chi connectivity index (χ1n) is 5.47. The van der Waals surface area contributed by atoms with Gasteiger partial charge in [0, 0.05) is 5.69 Å². The zero-order valence-corrected chi connectivity index (χ0v) is 12.0. The fourth-order valence-electron chi connectivity index (χ4n) is 2.21. The van der Waals surface area contributed by atoms with Crippen LogP contribution in [0.25, 0.3) is 5.69 Å². The molecule has 0 amide bonds. The van der Waals surface area contributed by atoms with E-state index in [4.69, 9.17) is 0 Å². The van der Waals surface area contributed by atoms with E-state index >= 15 is 0 Å². The van der Waals surface area contributed by atoms with E-state index in [1.165, 1.54) is 5.56 Å². The van der Waals surface area contributed by atoms with Gasteiger partial charge in [-0.15, -0.1) is 0 Å². The number of hydrogen-bond acceptors (Lipinski definition) is 1. The number of rotatable bonds is 1. The van der Waals surface area contributed by atoms with Crippen molar-refractivity contribution in [2.24, 2.45) is 0 Å². The summed E-state index contributed by atoms with van der Waals surface area (Å²) < 4.78 is 2.20. The standard InChI is InChI=1S/C13H15BrN2O/c1-7-5-8(2)12(9(3)6-7)16-13(17)11(14)10(4)15-16/h5-6,15H,1-4H3. The van der Waals surface area contributed by atoms with Crippen molar-refractivity contribution in [3.63, 3.8) is 0 Å². The minimum Gasteiger partial charge on any atom is -0.294 e.